The fourth-order valence-corrected chi connectivity index (χ4v) is 7.51. The molecule has 3 aromatic carbocycles. The number of carbonyl (C=O) groups is 3. The van der Waals surface area contributed by atoms with E-state index in [0.29, 0.717) is 5.56 Å². The lowest BCUT2D eigenvalue weighted by atomic mass is 10.0. The second-order valence-electron chi connectivity index (χ2n) is 10.9. The molecule has 2 amide bonds. The lowest BCUT2D eigenvalue weighted by Crippen LogP contribution is -2.53. The molecule has 4 aromatic rings. The van der Waals surface area contributed by atoms with Gasteiger partial charge in [-0.05, 0) is 59.5 Å². The standard InChI is InChI=1S/C33H30N4O7S/c38-25-9-4-6-22(18-25)19-28(35-33(41)44-26-13-11-24(12-14-26)23-7-2-1-3-8-23)32(40)36-17-15-29-31(36)30(39)21-37(29)45(42,43)27-10-5-16-34-20-27/h1-14,16,18,20,28-29,31,38H,15,17,19,21H2,(H,35,41). The van der Waals surface area contributed by atoms with Crippen LogP contribution in [0.15, 0.2) is 108 Å². The number of ketones is 1. The third kappa shape index (κ3) is 6.28. The van der Waals surface area contributed by atoms with Gasteiger partial charge in [0.1, 0.15) is 28.5 Å². The van der Waals surface area contributed by atoms with Gasteiger partial charge in [-0.15, -0.1) is 0 Å². The molecule has 0 radical (unpaired) electrons. The van der Waals surface area contributed by atoms with Gasteiger partial charge >= 0.3 is 6.09 Å². The number of carbonyl (C=O) groups excluding carboxylic acids is 3. The van der Waals surface area contributed by atoms with Crippen LogP contribution in [-0.2, 0) is 26.0 Å². The van der Waals surface area contributed by atoms with Gasteiger partial charge in [0.05, 0.1) is 12.6 Å². The van der Waals surface area contributed by atoms with Crippen molar-refractivity contribution in [2.75, 3.05) is 13.1 Å². The highest BCUT2D eigenvalue weighted by Crippen LogP contribution is 2.34. The van der Waals surface area contributed by atoms with Gasteiger partial charge < -0.3 is 20.1 Å². The zero-order valence-corrected chi connectivity index (χ0v) is 24.8. The third-order valence-electron chi connectivity index (χ3n) is 8.01. The van der Waals surface area contributed by atoms with E-state index in [-0.39, 0.29) is 42.3 Å². The van der Waals surface area contributed by atoms with Crippen molar-refractivity contribution >= 4 is 27.8 Å². The predicted octanol–water partition coefficient (Wildman–Crippen LogP) is 3.40. The number of sulfonamides is 1. The lowest BCUT2D eigenvalue weighted by molar-refractivity contribution is -0.138. The van der Waals surface area contributed by atoms with E-state index in [1.165, 1.54) is 41.6 Å². The maximum absolute atomic E-state index is 14.0. The largest absolute Gasteiger partial charge is 0.508 e. The molecule has 2 fully saturated rings. The monoisotopic (exact) mass is 626 g/mol. The Kier molecular flexibility index (Phi) is 8.33. The zero-order valence-electron chi connectivity index (χ0n) is 24.0. The molecule has 3 atom stereocenters. The number of amides is 2. The van der Waals surface area contributed by atoms with Crippen LogP contribution in [0.3, 0.4) is 0 Å². The van der Waals surface area contributed by atoms with Crippen LogP contribution in [0.2, 0.25) is 0 Å². The van der Waals surface area contributed by atoms with Gasteiger partial charge in [0.2, 0.25) is 15.9 Å². The van der Waals surface area contributed by atoms with Crippen LogP contribution in [0.4, 0.5) is 4.79 Å². The van der Waals surface area contributed by atoms with Crippen molar-refractivity contribution in [3.63, 3.8) is 0 Å². The quantitative estimate of drug-likeness (QED) is 0.303. The summed E-state index contributed by atoms with van der Waals surface area (Å²) in [5.41, 5.74) is 2.50. The molecule has 2 aliphatic rings. The molecular formula is C33H30N4O7S. The average molecular weight is 627 g/mol. The van der Waals surface area contributed by atoms with Crippen molar-refractivity contribution < 1.29 is 32.6 Å². The number of likely N-dealkylation sites (tertiary alicyclic amines) is 1. The minimum Gasteiger partial charge on any atom is -0.508 e. The van der Waals surface area contributed by atoms with Crippen LogP contribution in [0.1, 0.15) is 12.0 Å². The number of nitrogens with one attached hydrogen (secondary N) is 1. The summed E-state index contributed by atoms with van der Waals surface area (Å²) in [5.74, 6) is -0.714. The van der Waals surface area contributed by atoms with Crippen LogP contribution >= 0.6 is 0 Å². The van der Waals surface area contributed by atoms with Crippen molar-refractivity contribution in [1.29, 1.82) is 0 Å². The molecule has 2 aliphatic heterocycles. The van der Waals surface area contributed by atoms with Crippen LogP contribution in [0, 0.1) is 0 Å². The van der Waals surface area contributed by atoms with Gasteiger partial charge in [-0.25, -0.2) is 13.2 Å². The average Bonchev–Trinajstić information content (AvgIpc) is 3.63. The van der Waals surface area contributed by atoms with Gasteiger partial charge in [0, 0.05) is 25.4 Å². The molecule has 230 valence electrons. The van der Waals surface area contributed by atoms with E-state index < -0.39 is 45.9 Å². The molecule has 3 unspecified atom stereocenters. The first-order valence-corrected chi connectivity index (χ1v) is 15.8. The summed E-state index contributed by atoms with van der Waals surface area (Å²) < 4.78 is 33.4. The number of pyridine rings is 1. The van der Waals surface area contributed by atoms with Crippen molar-refractivity contribution in [1.82, 2.24) is 19.5 Å². The molecule has 3 heterocycles. The molecule has 0 saturated carbocycles. The Hall–Kier alpha value is -5.07. The van der Waals surface area contributed by atoms with Crippen LogP contribution in [-0.4, -0.2) is 76.7 Å². The summed E-state index contributed by atoms with van der Waals surface area (Å²) in [6.07, 6.45) is 2.04. The molecule has 2 saturated heterocycles. The number of phenols is 1. The molecule has 0 bridgehead atoms. The second kappa shape index (κ2) is 12.5. The van der Waals surface area contributed by atoms with Gasteiger partial charge in [0.25, 0.3) is 0 Å². The minimum atomic E-state index is -4.03. The Balaban J connectivity index is 1.20. The number of ether oxygens (including phenoxy) is 1. The predicted molar refractivity (Wildman–Crippen MR) is 164 cm³/mol. The fourth-order valence-electron chi connectivity index (χ4n) is 5.92. The topological polar surface area (TPSA) is 146 Å². The number of Topliss-reactive ketones (excluding diaryl/α,β-unsaturated/α-hetero) is 1. The van der Waals surface area contributed by atoms with Crippen LogP contribution in [0.25, 0.3) is 11.1 Å². The molecule has 6 rings (SSSR count). The first kappa shape index (κ1) is 30.0. The highest BCUT2D eigenvalue weighted by molar-refractivity contribution is 7.89. The van der Waals surface area contributed by atoms with Gasteiger partial charge in [0.15, 0.2) is 5.78 Å². The number of hydrogen-bond donors (Lipinski definition) is 2. The smallest absolute Gasteiger partial charge is 0.413 e. The minimum absolute atomic E-state index is 0.00491. The summed E-state index contributed by atoms with van der Waals surface area (Å²) in [5, 5.41) is 12.6. The van der Waals surface area contributed by atoms with Gasteiger partial charge in [-0.3, -0.25) is 14.6 Å². The highest BCUT2D eigenvalue weighted by atomic mass is 32.2. The number of rotatable bonds is 8. The highest BCUT2D eigenvalue weighted by Gasteiger charge is 2.54. The molecule has 0 aliphatic carbocycles. The van der Waals surface area contributed by atoms with Crippen LogP contribution < -0.4 is 10.1 Å². The van der Waals surface area contributed by atoms with Crippen molar-refractivity contribution in [3.05, 3.63) is 109 Å². The first-order valence-electron chi connectivity index (χ1n) is 14.4. The summed E-state index contributed by atoms with van der Waals surface area (Å²) in [7, 11) is -4.03. The summed E-state index contributed by atoms with van der Waals surface area (Å²) >= 11 is 0. The normalized spacial score (nSPS) is 18.8. The third-order valence-corrected chi connectivity index (χ3v) is 9.87. The molecule has 12 heteroatoms. The summed E-state index contributed by atoms with van der Waals surface area (Å²) in [6.45, 7) is -0.255. The molecule has 2 N–H and O–H groups in total. The number of phenolic OH excluding ortho intramolecular Hbond substituents is 1. The molecular weight excluding hydrogens is 596 g/mol. The lowest BCUT2D eigenvalue weighted by Gasteiger charge is -2.28. The molecule has 1 aromatic heterocycles. The Morgan fingerprint density at radius 2 is 1.73 bits per heavy atom. The van der Waals surface area contributed by atoms with E-state index in [9.17, 15) is 27.9 Å². The number of aromatic nitrogens is 1. The Labute approximate surface area is 260 Å². The number of hydrogen-bond acceptors (Lipinski definition) is 8. The SMILES string of the molecule is O=C(NC(Cc1cccc(O)c1)C(=O)N1CCC2C1C(=O)CN2S(=O)(=O)c1cccnc1)Oc1ccc(-c2ccccc2)cc1. The van der Waals surface area contributed by atoms with E-state index in [0.717, 1.165) is 15.4 Å². The number of fused-ring (bicyclic) bond motifs is 1. The van der Waals surface area contributed by atoms with E-state index in [1.807, 2.05) is 42.5 Å². The summed E-state index contributed by atoms with van der Waals surface area (Å²) in [4.78, 5) is 45.5. The van der Waals surface area contributed by atoms with E-state index in [4.69, 9.17) is 4.74 Å². The van der Waals surface area contributed by atoms with Gasteiger partial charge in [-0.2, -0.15) is 4.31 Å². The Morgan fingerprint density at radius 3 is 2.44 bits per heavy atom. The fraction of sp³-hybridized carbons (Fsp3) is 0.212. The van der Waals surface area contributed by atoms with E-state index in [1.54, 1.807) is 24.3 Å². The summed E-state index contributed by atoms with van der Waals surface area (Å²) in [6, 6.07) is 22.9. The molecule has 0 spiro atoms. The van der Waals surface area contributed by atoms with E-state index >= 15 is 0 Å². The second-order valence-corrected chi connectivity index (χ2v) is 12.8. The maximum atomic E-state index is 14.0. The molecule has 11 nitrogen and oxygen atoms in total. The number of aromatic hydroxyl groups is 1. The van der Waals surface area contributed by atoms with E-state index in [2.05, 4.69) is 10.3 Å². The Morgan fingerprint density at radius 1 is 0.978 bits per heavy atom. The molecule has 45 heavy (non-hydrogen) atoms. The van der Waals surface area contributed by atoms with Crippen molar-refractivity contribution in [2.24, 2.45) is 0 Å². The van der Waals surface area contributed by atoms with Crippen molar-refractivity contribution in [2.45, 2.75) is 35.9 Å². The maximum Gasteiger partial charge on any atom is 0.413 e. The number of nitrogens with zero attached hydrogens (tertiary/aromatic N) is 3. The number of benzene rings is 3. The van der Waals surface area contributed by atoms with Crippen LogP contribution in [0.5, 0.6) is 11.5 Å². The Bertz CT molecular complexity index is 1820. The van der Waals surface area contributed by atoms with Gasteiger partial charge in [-0.1, -0.05) is 54.6 Å². The zero-order chi connectivity index (χ0) is 31.6. The first-order chi connectivity index (χ1) is 21.7. The van der Waals surface area contributed by atoms with Crippen molar-refractivity contribution in [3.8, 4) is 22.6 Å².